The molecule has 158 valence electrons. The number of aromatic nitrogens is 5. The first-order valence-electron chi connectivity index (χ1n) is 10.9. The normalized spacial score (nSPS) is 13.4. The predicted molar refractivity (Wildman–Crippen MR) is 130 cm³/mol. The third-order valence-electron chi connectivity index (χ3n) is 5.96. The van der Waals surface area contributed by atoms with E-state index in [9.17, 15) is 0 Å². The molecule has 0 saturated heterocycles. The molecular formula is C26H23N5S. The smallest absolute Gasteiger partial charge is 0.181 e. The van der Waals surface area contributed by atoms with Crippen LogP contribution >= 0.6 is 11.8 Å². The lowest BCUT2D eigenvalue weighted by atomic mass is 10.1. The number of fused-ring (bicyclic) bond motifs is 2. The Bertz CT molecular complexity index is 1360. The molecule has 3 aromatic heterocycles. The van der Waals surface area contributed by atoms with Crippen molar-refractivity contribution in [3.8, 4) is 22.8 Å². The first-order valence-corrected chi connectivity index (χ1v) is 12.1. The van der Waals surface area contributed by atoms with Gasteiger partial charge in [-0.3, -0.25) is 4.98 Å². The van der Waals surface area contributed by atoms with Crippen molar-refractivity contribution in [3.05, 3.63) is 90.5 Å². The molecule has 0 bridgehead atoms. The number of nitrogens with zero attached hydrogens (tertiary/aromatic N) is 5. The highest BCUT2D eigenvalue weighted by molar-refractivity contribution is 7.98. The van der Waals surface area contributed by atoms with Crippen LogP contribution in [0.25, 0.3) is 33.5 Å². The van der Waals surface area contributed by atoms with Gasteiger partial charge < -0.3 is 4.57 Å². The molecule has 2 aromatic carbocycles. The third kappa shape index (κ3) is 3.71. The molecule has 1 aliphatic rings. The fourth-order valence-corrected chi connectivity index (χ4v) is 5.20. The van der Waals surface area contributed by atoms with Gasteiger partial charge in [0.1, 0.15) is 0 Å². The summed E-state index contributed by atoms with van der Waals surface area (Å²) in [6.45, 7) is 1.79. The molecule has 0 fully saturated rings. The average molecular weight is 438 g/mol. The molecule has 6 rings (SSSR count). The predicted octanol–water partition coefficient (Wildman–Crippen LogP) is 5.45. The van der Waals surface area contributed by atoms with E-state index in [1.807, 2.05) is 34.8 Å². The van der Waals surface area contributed by atoms with E-state index in [1.54, 1.807) is 0 Å². The molecule has 1 aliphatic heterocycles. The number of hydrogen-bond acceptors (Lipinski definition) is 4. The van der Waals surface area contributed by atoms with Gasteiger partial charge in [0, 0.05) is 65.9 Å². The van der Waals surface area contributed by atoms with Crippen molar-refractivity contribution in [2.45, 2.75) is 25.3 Å². The molecule has 5 aromatic rings. The van der Waals surface area contributed by atoms with Gasteiger partial charge >= 0.3 is 0 Å². The second kappa shape index (κ2) is 8.28. The zero-order valence-corrected chi connectivity index (χ0v) is 18.5. The summed E-state index contributed by atoms with van der Waals surface area (Å²) in [5, 5.41) is 7.38. The van der Waals surface area contributed by atoms with E-state index in [4.69, 9.17) is 10.1 Å². The van der Waals surface area contributed by atoms with Crippen LogP contribution in [0, 0.1) is 0 Å². The summed E-state index contributed by atoms with van der Waals surface area (Å²) >= 11 is 1.99. The molecule has 0 radical (unpaired) electrons. The minimum Gasteiger partial charge on any atom is -0.349 e. The lowest BCUT2D eigenvalue weighted by molar-refractivity contribution is 0.615. The zero-order chi connectivity index (χ0) is 21.3. The minimum atomic E-state index is 0.738. The molecule has 0 saturated carbocycles. The second-order valence-electron chi connectivity index (χ2n) is 8.08. The van der Waals surface area contributed by atoms with E-state index in [0.717, 1.165) is 59.5 Å². The first kappa shape index (κ1) is 19.3. The Labute approximate surface area is 191 Å². The number of pyridine rings is 1. The van der Waals surface area contributed by atoms with Crippen LogP contribution in [0.2, 0.25) is 0 Å². The quantitative estimate of drug-likeness (QED) is 0.367. The molecule has 0 atom stereocenters. The van der Waals surface area contributed by atoms with Gasteiger partial charge in [-0.15, -0.1) is 0 Å². The Morgan fingerprint density at radius 2 is 1.81 bits per heavy atom. The first-order chi connectivity index (χ1) is 15.8. The Kier molecular flexibility index (Phi) is 5.00. The van der Waals surface area contributed by atoms with Gasteiger partial charge in [0.15, 0.2) is 11.6 Å². The largest absolute Gasteiger partial charge is 0.349 e. The number of hydrogen-bond donors (Lipinski definition) is 0. The summed E-state index contributed by atoms with van der Waals surface area (Å²) in [7, 11) is 0. The molecule has 5 nitrogen and oxygen atoms in total. The van der Waals surface area contributed by atoms with Crippen molar-refractivity contribution in [3.63, 3.8) is 0 Å². The van der Waals surface area contributed by atoms with Crippen molar-refractivity contribution in [2.24, 2.45) is 0 Å². The van der Waals surface area contributed by atoms with Crippen molar-refractivity contribution in [1.82, 2.24) is 24.3 Å². The van der Waals surface area contributed by atoms with Gasteiger partial charge in [0.25, 0.3) is 0 Å². The summed E-state index contributed by atoms with van der Waals surface area (Å²) in [6.07, 6.45) is 4.90. The second-order valence-corrected chi connectivity index (χ2v) is 9.19. The van der Waals surface area contributed by atoms with Gasteiger partial charge in [0.05, 0.1) is 0 Å². The van der Waals surface area contributed by atoms with Crippen LogP contribution in [-0.4, -0.2) is 30.1 Å². The minimum absolute atomic E-state index is 0.738. The maximum atomic E-state index is 5.02. The van der Waals surface area contributed by atoms with Gasteiger partial charge in [0.2, 0.25) is 0 Å². The number of aryl methyl sites for hydroxylation is 3. The van der Waals surface area contributed by atoms with Crippen LogP contribution in [0.3, 0.4) is 0 Å². The van der Waals surface area contributed by atoms with Gasteiger partial charge in [-0.25, -0.2) is 9.67 Å². The maximum absolute atomic E-state index is 5.02. The number of rotatable bonds is 5. The van der Waals surface area contributed by atoms with Gasteiger partial charge in [-0.2, -0.15) is 16.9 Å². The van der Waals surface area contributed by atoms with E-state index in [1.165, 1.54) is 16.5 Å². The highest BCUT2D eigenvalue weighted by Gasteiger charge is 2.18. The molecule has 0 spiro atoms. The van der Waals surface area contributed by atoms with E-state index >= 15 is 0 Å². The van der Waals surface area contributed by atoms with E-state index in [2.05, 4.69) is 70.3 Å². The average Bonchev–Trinajstić information content (AvgIpc) is 3.47. The maximum Gasteiger partial charge on any atom is 0.181 e. The molecule has 4 heterocycles. The van der Waals surface area contributed by atoms with Crippen molar-refractivity contribution in [2.75, 3.05) is 5.75 Å². The molecule has 0 aliphatic carbocycles. The monoisotopic (exact) mass is 437 g/mol. The lowest BCUT2D eigenvalue weighted by Crippen LogP contribution is -2.08. The van der Waals surface area contributed by atoms with Crippen LogP contribution in [-0.2, 0) is 25.3 Å². The number of thioether (sulfide) groups is 1. The van der Waals surface area contributed by atoms with E-state index in [0.29, 0.717) is 0 Å². The Balaban J connectivity index is 1.41. The van der Waals surface area contributed by atoms with Gasteiger partial charge in [-0.05, 0) is 35.0 Å². The fraction of sp³-hybridized carbons (Fsp3) is 0.192. The highest BCUT2D eigenvalue weighted by Crippen LogP contribution is 2.29. The summed E-state index contributed by atoms with van der Waals surface area (Å²) < 4.78 is 4.41. The van der Waals surface area contributed by atoms with Crippen LogP contribution < -0.4 is 0 Å². The standard InChI is InChI=1S/C26H23N5S/c1-2-6-20-15-21(9-8-19(20)5-1)25-28-26(22-16-24-18-32-14-13-30(24)17-22)31(29-25)12-10-23-7-3-4-11-27-23/h1-9,11,15-17H,10,12-14,18H2. The third-order valence-corrected chi connectivity index (χ3v) is 6.93. The summed E-state index contributed by atoms with van der Waals surface area (Å²) in [4.78, 5) is 9.50. The summed E-state index contributed by atoms with van der Waals surface area (Å²) in [6, 6.07) is 23.2. The van der Waals surface area contributed by atoms with Crippen molar-refractivity contribution in [1.29, 1.82) is 0 Å². The van der Waals surface area contributed by atoms with E-state index < -0.39 is 0 Å². The fourth-order valence-electron chi connectivity index (χ4n) is 4.27. The SMILES string of the molecule is c1ccc(CCn2nc(-c3ccc4ccccc4c3)nc2-c2cc3n(c2)CCSC3)nc1. The van der Waals surface area contributed by atoms with Crippen molar-refractivity contribution >= 4 is 22.5 Å². The van der Waals surface area contributed by atoms with Crippen LogP contribution in [0.4, 0.5) is 0 Å². The zero-order valence-electron chi connectivity index (χ0n) is 17.7. The summed E-state index contributed by atoms with van der Waals surface area (Å²) in [5.41, 5.74) is 4.61. The van der Waals surface area contributed by atoms with Crippen LogP contribution in [0.5, 0.6) is 0 Å². The Hall–Kier alpha value is -3.38. The van der Waals surface area contributed by atoms with Crippen molar-refractivity contribution < 1.29 is 0 Å². The molecule has 0 amide bonds. The van der Waals surface area contributed by atoms with Crippen LogP contribution in [0.1, 0.15) is 11.4 Å². The van der Waals surface area contributed by atoms with Gasteiger partial charge in [-0.1, -0.05) is 42.5 Å². The molecule has 0 unspecified atom stereocenters. The lowest BCUT2D eigenvalue weighted by Gasteiger charge is -2.13. The number of benzene rings is 2. The Morgan fingerprint density at radius 1 is 0.906 bits per heavy atom. The molecule has 6 heteroatoms. The Morgan fingerprint density at radius 3 is 2.69 bits per heavy atom. The highest BCUT2D eigenvalue weighted by atomic mass is 32.2. The van der Waals surface area contributed by atoms with Crippen LogP contribution in [0.15, 0.2) is 79.1 Å². The topological polar surface area (TPSA) is 48.5 Å². The summed E-state index contributed by atoms with van der Waals surface area (Å²) in [5.74, 6) is 3.91. The van der Waals surface area contributed by atoms with E-state index in [-0.39, 0.29) is 0 Å². The molecule has 32 heavy (non-hydrogen) atoms. The molecular weight excluding hydrogens is 414 g/mol. The molecule has 0 N–H and O–H groups in total.